The Morgan fingerprint density at radius 1 is 1.36 bits per heavy atom. The predicted octanol–water partition coefficient (Wildman–Crippen LogP) is 2.75. The van der Waals surface area contributed by atoms with E-state index in [2.05, 4.69) is 4.98 Å². The van der Waals surface area contributed by atoms with Crippen molar-refractivity contribution in [1.82, 2.24) is 9.55 Å². The molecule has 8 heteroatoms. The summed E-state index contributed by atoms with van der Waals surface area (Å²) in [5, 5.41) is -0.168. The van der Waals surface area contributed by atoms with Gasteiger partial charge in [0, 0.05) is 11.3 Å². The molecule has 0 unspecified atom stereocenters. The number of hydrogen-bond acceptors (Lipinski definition) is 4. The van der Waals surface area contributed by atoms with Gasteiger partial charge in [0.05, 0.1) is 22.4 Å². The second-order valence-electron chi connectivity index (χ2n) is 5.77. The van der Waals surface area contributed by atoms with Crippen molar-refractivity contribution in [1.29, 1.82) is 0 Å². The average molecular weight is 369 g/mol. The summed E-state index contributed by atoms with van der Waals surface area (Å²) in [7, 11) is 0. The largest absolute Gasteiger partial charge is 0.459 e. The van der Waals surface area contributed by atoms with E-state index in [1.807, 2.05) is 0 Å². The Bertz CT molecular complexity index is 947. The van der Waals surface area contributed by atoms with Gasteiger partial charge in [-0.2, -0.15) is 0 Å². The number of hydrogen-bond donors (Lipinski definition) is 1. The second-order valence-corrected chi connectivity index (χ2v) is 6.17. The minimum absolute atomic E-state index is 0.129. The van der Waals surface area contributed by atoms with Crippen LogP contribution in [0.2, 0.25) is 5.02 Å². The first-order valence-electron chi connectivity index (χ1n) is 7.72. The van der Waals surface area contributed by atoms with E-state index in [1.54, 1.807) is 20.8 Å². The fraction of sp³-hybridized carbons (Fsp3) is 0.353. The number of aromatic nitrogens is 2. The lowest BCUT2D eigenvalue weighted by atomic mass is 10.1. The molecular formula is C17H18ClFN2O4. The van der Waals surface area contributed by atoms with Crippen molar-refractivity contribution in [3.63, 3.8) is 0 Å². The fourth-order valence-corrected chi connectivity index (χ4v) is 2.61. The van der Waals surface area contributed by atoms with Gasteiger partial charge in [0.15, 0.2) is 0 Å². The molecule has 1 aromatic heterocycles. The van der Waals surface area contributed by atoms with Crippen LogP contribution in [-0.2, 0) is 11.2 Å². The zero-order chi connectivity index (χ0) is 18.9. The molecule has 134 valence electrons. The van der Waals surface area contributed by atoms with Crippen molar-refractivity contribution in [2.45, 2.75) is 40.2 Å². The molecule has 0 saturated carbocycles. The van der Waals surface area contributed by atoms with Crippen LogP contribution >= 0.6 is 11.6 Å². The first kappa shape index (κ1) is 18.9. The lowest BCUT2D eigenvalue weighted by molar-refractivity contribution is 0.0378. The third-order valence-electron chi connectivity index (χ3n) is 3.63. The third-order valence-corrected chi connectivity index (χ3v) is 3.94. The van der Waals surface area contributed by atoms with Gasteiger partial charge in [-0.3, -0.25) is 4.79 Å². The summed E-state index contributed by atoms with van der Waals surface area (Å²) >= 11 is 5.91. The van der Waals surface area contributed by atoms with Crippen LogP contribution in [-0.4, -0.2) is 21.6 Å². The van der Waals surface area contributed by atoms with Crippen LogP contribution in [0.25, 0.3) is 5.69 Å². The van der Waals surface area contributed by atoms with Gasteiger partial charge in [-0.15, -0.1) is 0 Å². The minimum atomic E-state index is -0.901. The number of nitrogens with zero attached hydrogens (tertiary/aromatic N) is 1. The normalized spacial score (nSPS) is 11.0. The third kappa shape index (κ3) is 3.66. The van der Waals surface area contributed by atoms with Gasteiger partial charge in [-0.05, 0) is 39.3 Å². The molecule has 0 aliphatic carbocycles. The van der Waals surface area contributed by atoms with Crippen LogP contribution in [0.5, 0.6) is 0 Å². The number of aryl methyl sites for hydroxylation is 1. The molecule has 2 aromatic rings. The molecule has 1 N–H and O–H groups in total. The van der Waals surface area contributed by atoms with E-state index in [4.69, 9.17) is 16.3 Å². The number of halogens is 2. The summed E-state index contributed by atoms with van der Waals surface area (Å²) in [6.45, 7) is 6.62. The molecule has 2 rings (SSSR count). The standard InChI is InChI=1S/C17H18ClFN2O4/c1-5-13-9(4)15(22)21(17(24)20-13)14-6-10(11(18)7-12(14)19)16(23)25-8(2)3/h6-8H,5H2,1-4H3,(H,20,24). The number of benzene rings is 1. The molecule has 0 atom stereocenters. The molecule has 0 fully saturated rings. The summed E-state index contributed by atoms with van der Waals surface area (Å²) < 4.78 is 20.1. The molecule has 6 nitrogen and oxygen atoms in total. The quantitative estimate of drug-likeness (QED) is 0.841. The summed E-state index contributed by atoms with van der Waals surface area (Å²) in [5.41, 5.74) is -1.18. The highest BCUT2D eigenvalue weighted by Gasteiger charge is 2.21. The number of H-pyrrole nitrogens is 1. The smallest absolute Gasteiger partial charge is 0.339 e. The van der Waals surface area contributed by atoms with Gasteiger partial charge in [-0.1, -0.05) is 18.5 Å². The van der Waals surface area contributed by atoms with Crippen molar-refractivity contribution in [3.8, 4) is 5.69 Å². The summed E-state index contributed by atoms with van der Waals surface area (Å²) in [5.74, 6) is -1.67. The molecule has 0 amide bonds. The number of nitrogens with one attached hydrogen (secondary N) is 1. The van der Waals surface area contributed by atoms with E-state index in [0.717, 1.165) is 12.1 Å². The van der Waals surface area contributed by atoms with Crippen LogP contribution in [0.15, 0.2) is 21.7 Å². The number of carbonyl (C=O) groups is 1. The maximum atomic E-state index is 14.4. The van der Waals surface area contributed by atoms with E-state index in [-0.39, 0.29) is 16.3 Å². The van der Waals surface area contributed by atoms with Crippen molar-refractivity contribution < 1.29 is 13.9 Å². The van der Waals surface area contributed by atoms with Gasteiger partial charge in [-0.25, -0.2) is 18.5 Å². The molecule has 0 radical (unpaired) electrons. The molecular weight excluding hydrogens is 351 g/mol. The summed E-state index contributed by atoms with van der Waals surface area (Å²) in [4.78, 5) is 39.4. The molecule has 25 heavy (non-hydrogen) atoms. The Hall–Kier alpha value is -2.41. The maximum Gasteiger partial charge on any atom is 0.339 e. The van der Waals surface area contributed by atoms with Crippen molar-refractivity contribution in [3.05, 3.63) is 60.6 Å². The summed E-state index contributed by atoms with van der Waals surface area (Å²) in [6, 6.07) is 1.92. The van der Waals surface area contributed by atoms with E-state index >= 15 is 0 Å². The lowest BCUT2D eigenvalue weighted by Gasteiger charge is -2.13. The molecule has 0 bridgehead atoms. The molecule has 0 aliphatic heterocycles. The average Bonchev–Trinajstić information content (AvgIpc) is 2.52. The van der Waals surface area contributed by atoms with Crippen molar-refractivity contribution >= 4 is 17.6 Å². The number of carbonyl (C=O) groups excluding carboxylic acids is 1. The van der Waals surface area contributed by atoms with E-state index in [9.17, 15) is 18.8 Å². The minimum Gasteiger partial charge on any atom is -0.459 e. The zero-order valence-electron chi connectivity index (χ0n) is 14.3. The Morgan fingerprint density at radius 2 is 2.00 bits per heavy atom. The van der Waals surface area contributed by atoms with Crippen molar-refractivity contribution in [2.24, 2.45) is 0 Å². The first-order chi connectivity index (χ1) is 11.7. The van der Waals surface area contributed by atoms with Crippen LogP contribution in [0.1, 0.15) is 42.4 Å². The number of aromatic amines is 1. The Morgan fingerprint density at radius 3 is 2.56 bits per heavy atom. The molecule has 1 aromatic carbocycles. The molecule has 0 aliphatic rings. The topological polar surface area (TPSA) is 81.2 Å². The number of rotatable bonds is 4. The van der Waals surface area contributed by atoms with E-state index < -0.39 is 29.1 Å². The summed E-state index contributed by atoms with van der Waals surface area (Å²) in [6.07, 6.45) is 0.0425. The molecule has 1 heterocycles. The highest BCUT2D eigenvalue weighted by atomic mass is 35.5. The molecule has 0 saturated heterocycles. The Labute approximate surface area is 148 Å². The van der Waals surface area contributed by atoms with Crippen LogP contribution in [0, 0.1) is 12.7 Å². The first-order valence-corrected chi connectivity index (χ1v) is 8.10. The predicted molar refractivity (Wildman–Crippen MR) is 92.3 cm³/mol. The zero-order valence-corrected chi connectivity index (χ0v) is 15.0. The van der Waals surface area contributed by atoms with E-state index in [0.29, 0.717) is 22.2 Å². The SMILES string of the molecule is CCc1[nH]c(=O)n(-c2cc(C(=O)OC(C)C)c(Cl)cc2F)c(=O)c1C. The van der Waals surface area contributed by atoms with Gasteiger partial charge in [0.2, 0.25) is 0 Å². The maximum absolute atomic E-state index is 14.4. The van der Waals surface area contributed by atoms with Gasteiger partial charge >= 0.3 is 11.7 Å². The van der Waals surface area contributed by atoms with E-state index in [1.165, 1.54) is 6.92 Å². The van der Waals surface area contributed by atoms with Crippen LogP contribution in [0.4, 0.5) is 4.39 Å². The second kappa shape index (κ2) is 7.23. The van der Waals surface area contributed by atoms with Gasteiger partial charge < -0.3 is 9.72 Å². The van der Waals surface area contributed by atoms with Gasteiger partial charge in [0.25, 0.3) is 5.56 Å². The number of ether oxygens (including phenoxy) is 1. The van der Waals surface area contributed by atoms with Crippen LogP contribution < -0.4 is 11.2 Å². The Balaban J connectivity index is 2.73. The highest BCUT2D eigenvalue weighted by Crippen LogP contribution is 2.23. The Kier molecular flexibility index (Phi) is 5.47. The lowest BCUT2D eigenvalue weighted by Crippen LogP contribution is -2.37. The highest BCUT2D eigenvalue weighted by molar-refractivity contribution is 6.33. The molecule has 0 spiro atoms. The van der Waals surface area contributed by atoms with Gasteiger partial charge in [0.1, 0.15) is 5.82 Å². The number of esters is 1. The van der Waals surface area contributed by atoms with Crippen LogP contribution in [0.3, 0.4) is 0 Å². The fourth-order valence-electron chi connectivity index (χ4n) is 2.38. The van der Waals surface area contributed by atoms with Crippen molar-refractivity contribution in [2.75, 3.05) is 0 Å². The monoisotopic (exact) mass is 368 g/mol.